The number of alkyl carbamates (subject to hydrolysis) is 1. The van der Waals surface area contributed by atoms with E-state index in [2.05, 4.69) is 26.6 Å². The number of piperazine rings is 1. The molecule has 1 amide bonds. The molecule has 1 aromatic carbocycles. The lowest BCUT2D eigenvalue weighted by Gasteiger charge is -2.31. The molecule has 29 heavy (non-hydrogen) atoms. The summed E-state index contributed by atoms with van der Waals surface area (Å²) in [5.41, 5.74) is 8.45. The molecule has 0 spiro atoms. The van der Waals surface area contributed by atoms with E-state index < -0.39 is 11.7 Å². The number of aliphatic imine (C=N–C) groups is 1. The lowest BCUT2D eigenvalue weighted by Crippen LogP contribution is -2.44. The van der Waals surface area contributed by atoms with Gasteiger partial charge in [-0.25, -0.2) is 9.79 Å². The van der Waals surface area contributed by atoms with Gasteiger partial charge in [-0.1, -0.05) is 6.07 Å². The number of thiophene rings is 1. The van der Waals surface area contributed by atoms with Gasteiger partial charge in [0.25, 0.3) is 0 Å². The standard InChI is InChI=1S/C21H29N5O2S/c1-21(2,3)28-20(27)24-14-15-13-16(25-19(22)18-5-4-12-29-18)6-7-17(15)26-10-8-23-9-11-26/h4-7,12-13,23H,8-11,14H2,1-3H3,(H2,22,25)(H,24,27). The number of anilines is 1. The predicted octanol–water partition coefficient (Wildman–Crippen LogP) is 3.22. The van der Waals surface area contributed by atoms with Crippen molar-refractivity contribution >= 4 is 34.6 Å². The van der Waals surface area contributed by atoms with E-state index in [1.165, 1.54) is 0 Å². The smallest absolute Gasteiger partial charge is 0.407 e. The second kappa shape index (κ2) is 9.28. The quantitative estimate of drug-likeness (QED) is 0.515. The van der Waals surface area contributed by atoms with Crippen molar-refractivity contribution in [2.75, 3.05) is 31.1 Å². The minimum Gasteiger partial charge on any atom is -0.444 e. The molecule has 156 valence electrons. The van der Waals surface area contributed by atoms with E-state index in [-0.39, 0.29) is 0 Å². The van der Waals surface area contributed by atoms with E-state index in [0.29, 0.717) is 12.4 Å². The average molecular weight is 416 g/mol. The Hall–Kier alpha value is -2.58. The van der Waals surface area contributed by atoms with E-state index in [1.54, 1.807) is 11.3 Å². The predicted molar refractivity (Wildman–Crippen MR) is 119 cm³/mol. The maximum absolute atomic E-state index is 12.1. The Bertz CT molecular complexity index is 852. The summed E-state index contributed by atoms with van der Waals surface area (Å²) >= 11 is 1.56. The highest BCUT2D eigenvalue weighted by molar-refractivity contribution is 7.12. The van der Waals surface area contributed by atoms with Crippen LogP contribution in [-0.2, 0) is 11.3 Å². The summed E-state index contributed by atoms with van der Waals surface area (Å²) in [7, 11) is 0. The van der Waals surface area contributed by atoms with Crippen molar-refractivity contribution in [1.82, 2.24) is 10.6 Å². The number of amides is 1. The van der Waals surface area contributed by atoms with Gasteiger partial charge >= 0.3 is 6.09 Å². The van der Waals surface area contributed by atoms with Crippen molar-refractivity contribution in [2.24, 2.45) is 10.7 Å². The van der Waals surface area contributed by atoms with Gasteiger partial charge in [0.1, 0.15) is 11.4 Å². The van der Waals surface area contributed by atoms with Crippen molar-refractivity contribution in [2.45, 2.75) is 32.9 Å². The Kier molecular flexibility index (Phi) is 6.76. The first kappa shape index (κ1) is 21.1. The van der Waals surface area contributed by atoms with Crippen LogP contribution in [0.1, 0.15) is 31.2 Å². The van der Waals surface area contributed by atoms with Crippen molar-refractivity contribution in [3.63, 3.8) is 0 Å². The number of hydrogen-bond donors (Lipinski definition) is 3. The van der Waals surface area contributed by atoms with E-state index >= 15 is 0 Å². The fourth-order valence-corrected chi connectivity index (χ4v) is 3.72. The van der Waals surface area contributed by atoms with Crippen LogP contribution >= 0.6 is 11.3 Å². The van der Waals surface area contributed by atoms with E-state index in [1.807, 2.05) is 50.4 Å². The number of ether oxygens (including phenoxy) is 1. The summed E-state index contributed by atoms with van der Waals surface area (Å²) < 4.78 is 5.37. The van der Waals surface area contributed by atoms with Gasteiger partial charge in [-0.15, -0.1) is 11.3 Å². The second-order valence-corrected chi connectivity index (χ2v) is 8.83. The van der Waals surface area contributed by atoms with Crippen molar-refractivity contribution in [3.8, 4) is 0 Å². The highest BCUT2D eigenvalue weighted by Gasteiger charge is 2.18. The van der Waals surface area contributed by atoms with Gasteiger partial charge < -0.3 is 26.0 Å². The number of benzene rings is 1. The van der Waals surface area contributed by atoms with Crippen molar-refractivity contribution in [3.05, 3.63) is 46.2 Å². The first-order valence-electron chi connectivity index (χ1n) is 9.75. The molecule has 1 saturated heterocycles. The van der Waals surface area contributed by atoms with E-state index in [4.69, 9.17) is 10.5 Å². The average Bonchev–Trinajstić information content (AvgIpc) is 3.21. The first-order chi connectivity index (χ1) is 13.8. The summed E-state index contributed by atoms with van der Waals surface area (Å²) in [5.74, 6) is 0.487. The summed E-state index contributed by atoms with van der Waals surface area (Å²) in [6.07, 6.45) is -0.434. The topological polar surface area (TPSA) is 92.0 Å². The lowest BCUT2D eigenvalue weighted by molar-refractivity contribution is 0.0523. The molecule has 4 N–H and O–H groups in total. The van der Waals surface area contributed by atoms with Crippen molar-refractivity contribution < 1.29 is 9.53 Å². The summed E-state index contributed by atoms with van der Waals surface area (Å²) in [4.78, 5) is 20.0. The number of rotatable bonds is 5. The first-order valence-corrected chi connectivity index (χ1v) is 10.6. The molecule has 3 rings (SSSR count). The highest BCUT2D eigenvalue weighted by Crippen LogP contribution is 2.27. The highest BCUT2D eigenvalue weighted by atomic mass is 32.1. The van der Waals surface area contributed by atoms with Gasteiger partial charge in [0, 0.05) is 38.4 Å². The molecule has 0 radical (unpaired) electrons. The number of nitrogens with zero attached hydrogens (tertiary/aromatic N) is 2. The Morgan fingerprint density at radius 1 is 1.31 bits per heavy atom. The zero-order chi connectivity index (χ0) is 20.9. The number of amidine groups is 1. The molecule has 0 aliphatic carbocycles. The Morgan fingerprint density at radius 2 is 2.07 bits per heavy atom. The molecule has 1 aromatic heterocycles. The summed E-state index contributed by atoms with van der Waals surface area (Å²) in [6.45, 7) is 9.60. The van der Waals surface area contributed by atoms with Crippen LogP contribution in [0, 0.1) is 0 Å². The van der Waals surface area contributed by atoms with Gasteiger partial charge in [0.2, 0.25) is 0 Å². The maximum Gasteiger partial charge on any atom is 0.407 e. The molecular formula is C21H29N5O2S. The monoisotopic (exact) mass is 415 g/mol. The molecule has 0 unspecified atom stereocenters. The molecule has 1 aliphatic heterocycles. The van der Waals surface area contributed by atoms with E-state index in [0.717, 1.165) is 48.0 Å². The lowest BCUT2D eigenvalue weighted by atomic mass is 10.1. The molecule has 0 atom stereocenters. The largest absolute Gasteiger partial charge is 0.444 e. The third-order valence-corrected chi connectivity index (χ3v) is 5.26. The van der Waals surface area contributed by atoms with E-state index in [9.17, 15) is 4.79 Å². The van der Waals surface area contributed by atoms with Crippen LogP contribution in [0.25, 0.3) is 0 Å². The summed E-state index contributed by atoms with van der Waals surface area (Å²) in [6, 6.07) is 9.90. The van der Waals surface area contributed by atoms with Gasteiger partial charge in [-0.3, -0.25) is 0 Å². The zero-order valence-electron chi connectivity index (χ0n) is 17.2. The number of carbonyl (C=O) groups is 1. The molecule has 2 aromatic rings. The Balaban J connectivity index is 1.82. The Labute approximate surface area is 176 Å². The minimum atomic E-state index is -0.535. The molecule has 0 saturated carbocycles. The van der Waals surface area contributed by atoms with Gasteiger partial charge in [-0.05, 0) is 56.0 Å². The fraction of sp³-hybridized carbons (Fsp3) is 0.429. The fourth-order valence-electron chi connectivity index (χ4n) is 3.10. The third kappa shape index (κ3) is 6.20. The number of carbonyl (C=O) groups excluding carboxylic acids is 1. The third-order valence-electron chi connectivity index (χ3n) is 4.37. The van der Waals surface area contributed by atoms with Crippen LogP contribution in [-0.4, -0.2) is 43.7 Å². The van der Waals surface area contributed by atoms with Crippen molar-refractivity contribution in [1.29, 1.82) is 0 Å². The Morgan fingerprint density at radius 3 is 2.72 bits per heavy atom. The van der Waals surface area contributed by atoms with Gasteiger partial charge in [0.05, 0.1) is 10.6 Å². The van der Waals surface area contributed by atoms with Crippen LogP contribution in [0.3, 0.4) is 0 Å². The molecule has 1 fully saturated rings. The molecule has 1 aliphatic rings. The van der Waals surface area contributed by atoms with Crippen LogP contribution < -0.4 is 21.3 Å². The summed E-state index contributed by atoms with van der Waals surface area (Å²) in [5, 5.41) is 8.20. The minimum absolute atomic E-state index is 0.358. The molecule has 2 heterocycles. The number of hydrogen-bond acceptors (Lipinski definition) is 6. The van der Waals surface area contributed by atoms with Crippen LogP contribution in [0.2, 0.25) is 0 Å². The van der Waals surface area contributed by atoms with Gasteiger partial charge in [0.15, 0.2) is 0 Å². The SMILES string of the molecule is CC(C)(C)OC(=O)NCc1cc(N=C(N)c2cccs2)ccc1N1CCNCC1. The number of nitrogens with one attached hydrogen (secondary N) is 2. The zero-order valence-corrected chi connectivity index (χ0v) is 18.0. The molecule has 7 nitrogen and oxygen atoms in total. The number of nitrogens with two attached hydrogens (primary N) is 1. The van der Waals surface area contributed by atoms with Crippen LogP contribution in [0.5, 0.6) is 0 Å². The molecule has 8 heteroatoms. The normalized spacial score (nSPS) is 15.3. The maximum atomic E-state index is 12.1. The van der Waals surface area contributed by atoms with Gasteiger partial charge in [-0.2, -0.15) is 0 Å². The second-order valence-electron chi connectivity index (χ2n) is 7.88. The van der Waals surface area contributed by atoms with Crippen LogP contribution in [0.4, 0.5) is 16.2 Å². The van der Waals surface area contributed by atoms with Crippen LogP contribution in [0.15, 0.2) is 40.7 Å². The molecular weight excluding hydrogens is 386 g/mol. The molecule has 0 bridgehead atoms.